The van der Waals surface area contributed by atoms with Crippen molar-refractivity contribution in [1.29, 1.82) is 0 Å². The summed E-state index contributed by atoms with van der Waals surface area (Å²) in [5.41, 5.74) is 2.15. The molecule has 2 atom stereocenters. The first-order chi connectivity index (χ1) is 9.31. The van der Waals surface area contributed by atoms with Crippen molar-refractivity contribution in [3.05, 3.63) is 11.4 Å². The molecule has 2 fully saturated rings. The van der Waals surface area contributed by atoms with Crippen LogP contribution >= 0.6 is 0 Å². The average molecular weight is 261 g/mol. The lowest BCUT2D eigenvalue weighted by Crippen LogP contribution is -2.40. The number of anilines is 1. The molecule has 1 aromatic rings. The molecule has 0 unspecified atom stereocenters. The number of rotatable bonds is 3. The van der Waals surface area contributed by atoms with E-state index in [1.54, 1.807) is 0 Å². The molecule has 2 aliphatic rings. The molecule has 3 rings (SSSR count). The summed E-state index contributed by atoms with van der Waals surface area (Å²) >= 11 is 0. The van der Waals surface area contributed by atoms with Gasteiger partial charge in [-0.2, -0.15) is 5.10 Å². The second-order valence-corrected chi connectivity index (χ2v) is 5.58. The second-order valence-electron chi connectivity index (χ2n) is 5.58. The van der Waals surface area contributed by atoms with Crippen LogP contribution in [0.15, 0.2) is 0 Å². The molecule has 19 heavy (non-hydrogen) atoms. The molecule has 0 amide bonds. The van der Waals surface area contributed by atoms with Crippen LogP contribution in [-0.4, -0.2) is 40.9 Å². The van der Waals surface area contributed by atoms with Crippen molar-refractivity contribution in [3.63, 3.8) is 0 Å². The Morgan fingerprint density at radius 3 is 2.74 bits per heavy atom. The fraction of sp³-hybridized carbons (Fsp3) is 0.786. The van der Waals surface area contributed by atoms with Crippen molar-refractivity contribution in [2.45, 2.75) is 45.6 Å². The van der Waals surface area contributed by atoms with Crippen LogP contribution in [0.3, 0.4) is 0 Å². The number of fused-ring (bicyclic) bond motifs is 1. The molecular weight excluding hydrogens is 238 g/mol. The highest BCUT2D eigenvalue weighted by Gasteiger charge is 2.35. The SMILES string of the molecule is CCc1nnc(N2C[C@@H]3CCCN[C@@H]3C2)nc1CC. The number of hydrogen-bond acceptors (Lipinski definition) is 5. The first-order valence-electron chi connectivity index (χ1n) is 7.52. The molecular formula is C14H23N5. The molecule has 5 heteroatoms. The van der Waals surface area contributed by atoms with E-state index in [0.29, 0.717) is 6.04 Å². The summed E-state index contributed by atoms with van der Waals surface area (Å²) < 4.78 is 0. The summed E-state index contributed by atoms with van der Waals surface area (Å²) in [6.07, 6.45) is 4.47. The Kier molecular flexibility index (Phi) is 3.64. The van der Waals surface area contributed by atoms with Crippen LogP contribution in [0.1, 0.15) is 38.1 Å². The van der Waals surface area contributed by atoms with E-state index < -0.39 is 0 Å². The lowest BCUT2D eigenvalue weighted by atomic mass is 9.94. The lowest BCUT2D eigenvalue weighted by molar-refractivity contribution is 0.340. The van der Waals surface area contributed by atoms with Gasteiger partial charge in [0.2, 0.25) is 5.95 Å². The van der Waals surface area contributed by atoms with Crippen molar-refractivity contribution < 1.29 is 0 Å². The number of nitrogens with zero attached hydrogens (tertiary/aromatic N) is 4. The van der Waals surface area contributed by atoms with E-state index in [2.05, 4.69) is 34.3 Å². The zero-order chi connectivity index (χ0) is 13.2. The van der Waals surface area contributed by atoms with Gasteiger partial charge in [0.15, 0.2) is 0 Å². The van der Waals surface area contributed by atoms with E-state index in [-0.39, 0.29) is 0 Å². The van der Waals surface area contributed by atoms with Crippen LogP contribution in [0.5, 0.6) is 0 Å². The summed E-state index contributed by atoms with van der Waals surface area (Å²) in [5, 5.41) is 12.3. The summed E-state index contributed by atoms with van der Waals surface area (Å²) in [6, 6.07) is 0.619. The highest BCUT2D eigenvalue weighted by molar-refractivity contribution is 5.33. The number of nitrogens with one attached hydrogen (secondary N) is 1. The zero-order valence-electron chi connectivity index (χ0n) is 11.9. The van der Waals surface area contributed by atoms with Crippen LogP contribution in [-0.2, 0) is 12.8 Å². The van der Waals surface area contributed by atoms with Crippen molar-refractivity contribution >= 4 is 5.95 Å². The average Bonchev–Trinajstić information content (AvgIpc) is 2.90. The first-order valence-corrected chi connectivity index (χ1v) is 7.52. The molecule has 2 saturated heterocycles. The third-order valence-electron chi connectivity index (χ3n) is 4.38. The molecule has 0 radical (unpaired) electrons. The Labute approximate surface area is 114 Å². The van der Waals surface area contributed by atoms with E-state index in [9.17, 15) is 0 Å². The molecule has 0 aliphatic carbocycles. The molecule has 2 aliphatic heterocycles. The largest absolute Gasteiger partial charge is 0.338 e. The second kappa shape index (κ2) is 5.41. The van der Waals surface area contributed by atoms with Gasteiger partial charge in [-0.1, -0.05) is 13.8 Å². The maximum atomic E-state index is 4.73. The van der Waals surface area contributed by atoms with Gasteiger partial charge in [0.25, 0.3) is 0 Å². The van der Waals surface area contributed by atoms with E-state index in [4.69, 9.17) is 4.98 Å². The monoisotopic (exact) mass is 261 g/mol. The van der Waals surface area contributed by atoms with E-state index in [1.807, 2.05) is 0 Å². The van der Waals surface area contributed by atoms with Gasteiger partial charge >= 0.3 is 0 Å². The fourth-order valence-electron chi connectivity index (χ4n) is 3.27. The van der Waals surface area contributed by atoms with Gasteiger partial charge in [-0.25, -0.2) is 4.98 Å². The van der Waals surface area contributed by atoms with Gasteiger partial charge in [-0.3, -0.25) is 0 Å². The lowest BCUT2D eigenvalue weighted by Gasteiger charge is -2.24. The molecule has 104 valence electrons. The van der Waals surface area contributed by atoms with Gasteiger partial charge in [0.1, 0.15) is 0 Å². The normalized spacial score (nSPS) is 26.5. The van der Waals surface area contributed by atoms with E-state index >= 15 is 0 Å². The third kappa shape index (κ3) is 2.43. The predicted octanol–water partition coefficient (Wildman–Crippen LogP) is 1.18. The van der Waals surface area contributed by atoms with Gasteiger partial charge in [0.05, 0.1) is 11.4 Å². The standard InChI is InChI=1S/C14H23N5/c1-3-11-12(4-2)17-18-14(16-11)19-8-10-6-5-7-15-13(10)9-19/h10,13,15H,3-9H2,1-2H3/t10-,13+/m0/s1. The first kappa shape index (κ1) is 12.8. The van der Waals surface area contributed by atoms with Crippen LogP contribution in [0.25, 0.3) is 0 Å². The summed E-state index contributed by atoms with van der Waals surface area (Å²) in [4.78, 5) is 7.03. The molecule has 0 bridgehead atoms. The van der Waals surface area contributed by atoms with Crippen LogP contribution in [0.4, 0.5) is 5.95 Å². The Morgan fingerprint density at radius 1 is 1.16 bits per heavy atom. The Balaban J connectivity index is 1.79. The minimum Gasteiger partial charge on any atom is -0.338 e. The van der Waals surface area contributed by atoms with Crippen molar-refractivity contribution in [3.8, 4) is 0 Å². The molecule has 1 aromatic heterocycles. The fourth-order valence-corrected chi connectivity index (χ4v) is 3.27. The Morgan fingerprint density at radius 2 is 2.00 bits per heavy atom. The van der Waals surface area contributed by atoms with Gasteiger partial charge in [0, 0.05) is 19.1 Å². The topological polar surface area (TPSA) is 53.9 Å². The molecule has 0 aromatic carbocycles. The highest BCUT2D eigenvalue weighted by Crippen LogP contribution is 2.27. The van der Waals surface area contributed by atoms with Crippen LogP contribution in [0, 0.1) is 5.92 Å². The van der Waals surface area contributed by atoms with E-state index in [1.165, 1.54) is 12.8 Å². The Bertz CT molecular complexity index is 433. The van der Waals surface area contributed by atoms with E-state index in [0.717, 1.165) is 55.7 Å². The van der Waals surface area contributed by atoms with Gasteiger partial charge < -0.3 is 10.2 Å². The number of aromatic nitrogens is 3. The van der Waals surface area contributed by atoms with Gasteiger partial charge in [-0.05, 0) is 38.1 Å². The molecule has 3 heterocycles. The minimum atomic E-state index is 0.619. The highest BCUT2D eigenvalue weighted by atomic mass is 15.3. The van der Waals surface area contributed by atoms with Crippen molar-refractivity contribution in [2.75, 3.05) is 24.5 Å². The zero-order valence-corrected chi connectivity index (χ0v) is 11.9. The van der Waals surface area contributed by atoms with Crippen molar-refractivity contribution in [2.24, 2.45) is 5.92 Å². The predicted molar refractivity (Wildman–Crippen MR) is 75.3 cm³/mol. The molecule has 0 spiro atoms. The molecule has 0 saturated carbocycles. The summed E-state index contributed by atoms with van der Waals surface area (Å²) in [7, 11) is 0. The summed E-state index contributed by atoms with van der Waals surface area (Å²) in [5.74, 6) is 1.58. The number of hydrogen-bond donors (Lipinski definition) is 1. The number of piperidine rings is 1. The maximum absolute atomic E-state index is 4.73. The van der Waals surface area contributed by atoms with Crippen molar-refractivity contribution in [1.82, 2.24) is 20.5 Å². The van der Waals surface area contributed by atoms with Crippen LogP contribution < -0.4 is 10.2 Å². The number of aryl methyl sites for hydroxylation is 2. The molecule has 1 N–H and O–H groups in total. The maximum Gasteiger partial charge on any atom is 0.245 e. The molecule has 5 nitrogen and oxygen atoms in total. The third-order valence-corrected chi connectivity index (χ3v) is 4.38. The van der Waals surface area contributed by atoms with Gasteiger partial charge in [-0.15, -0.1) is 5.10 Å². The Hall–Kier alpha value is -1.23. The minimum absolute atomic E-state index is 0.619. The smallest absolute Gasteiger partial charge is 0.245 e. The summed E-state index contributed by atoms with van der Waals surface area (Å²) in [6.45, 7) is 7.51. The quantitative estimate of drug-likeness (QED) is 0.885. The van der Waals surface area contributed by atoms with Crippen LogP contribution in [0.2, 0.25) is 0 Å².